The predicted octanol–water partition coefficient (Wildman–Crippen LogP) is 0.908. The number of aliphatic hydroxyl groups excluding tert-OH is 1. The lowest BCUT2D eigenvalue weighted by Gasteiger charge is -2.22. The lowest BCUT2D eigenvalue weighted by molar-refractivity contribution is -0.0517. The van der Waals surface area contributed by atoms with Crippen molar-refractivity contribution in [3.63, 3.8) is 0 Å². The molecule has 0 aliphatic carbocycles. The number of aliphatic hydroxyl groups is 1. The number of ether oxygens (including phenoxy) is 2. The first-order valence-corrected chi connectivity index (χ1v) is 5.06. The molecule has 5 nitrogen and oxygen atoms in total. The van der Waals surface area contributed by atoms with Gasteiger partial charge in [0.2, 0.25) is 0 Å². The summed E-state index contributed by atoms with van der Waals surface area (Å²) in [6, 6.07) is 0. The Balaban J connectivity index is 3.50. The normalized spacial score (nSPS) is 11.6. The van der Waals surface area contributed by atoms with Crippen molar-refractivity contribution >= 4 is 6.09 Å². The number of amides is 1. The molecule has 5 heteroatoms. The van der Waals surface area contributed by atoms with Crippen molar-refractivity contribution in [1.82, 2.24) is 5.32 Å². The van der Waals surface area contributed by atoms with Crippen molar-refractivity contribution in [1.29, 1.82) is 0 Å². The standard InChI is InChI=1S/C10H21NO4/c1-8(2)15-9(13)11-5-6-14-10(3,4)7-12/h8,12H,5-7H2,1-4H3,(H,11,13). The van der Waals surface area contributed by atoms with E-state index in [1.54, 1.807) is 27.7 Å². The first-order chi connectivity index (χ1) is 6.87. The van der Waals surface area contributed by atoms with E-state index in [4.69, 9.17) is 14.6 Å². The van der Waals surface area contributed by atoms with Crippen LogP contribution in [0.3, 0.4) is 0 Å². The summed E-state index contributed by atoms with van der Waals surface area (Å²) >= 11 is 0. The summed E-state index contributed by atoms with van der Waals surface area (Å²) in [7, 11) is 0. The minimum atomic E-state index is -0.566. The third-order valence-electron chi connectivity index (χ3n) is 1.59. The molecule has 0 spiro atoms. The average Bonchev–Trinajstić information content (AvgIpc) is 2.11. The van der Waals surface area contributed by atoms with Crippen LogP contribution in [0.15, 0.2) is 0 Å². The van der Waals surface area contributed by atoms with Crippen molar-refractivity contribution in [2.75, 3.05) is 19.8 Å². The summed E-state index contributed by atoms with van der Waals surface area (Å²) in [5, 5.41) is 11.4. The fraction of sp³-hybridized carbons (Fsp3) is 0.900. The van der Waals surface area contributed by atoms with Crippen LogP contribution in [0.25, 0.3) is 0 Å². The highest BCUT2D eigenvalue weighted by Gasteiger charge is 2.16. The topological polar surface area (TPSA) is 67.8 Å². The molecule has 0 rings (SSSR count). The molecule has 0 aliphatic rings. The fourth-order valence-electron chi connectivity index (χ4n) is 0.782. The maximum absolute atomic E-state index is 11.0. The van der Waals surface area contributed by atoms with Gasteiger partial charge in [-0.2, -0.15) is 0 Å². The smallest absolute Gasteiger partial charge is 0.407 e. The molecule has 1 amide bonds. The number of carbonyl (C=O) groups excluding carboxylic acids is 1. The molecule has 0 heterocycles. The van der Waals surface area contributed by atoms with Gasteiger partial charge < -0.3 is 19.9 Å². The Morgan fingerprint density at radius 1 is 1.47 bits per heavy atom. The Morgan fingerprint density at radius 2 is 2.07 bits per heavy atom. The maximum atomic E-state index is 11.0. The van der Waals surface area contributed by atoms with E-state index in [2.05, 4.69) is 5.32 Å². The summed E-state index contributed by atoms with van der Waals surface area (Å²) in [5.74, 6) is 0. The van der Waals surface area contributed by atoms with Gasteiger partial charge in [0.25, 0.3) is 0 Å². The van der Waals surface area contributed by atoms with Crippen LogP contribution in [0.4, 0.5) is 4.79 Å². The van der Waals surface area contributed by atoms with Crippen LogP contribution >= 0.6 is 0 Å². The molecule has 0 aromatic carbocycles. The zero-order valence-corrected chi connectivity index (χ0v) is 9.87. The zero-order chi connectivity index (χ0) is 11.9. The molecule has 0 aliphatic heterocycles. The number of rotatable bonds is 6. The van der Waals surface area contributed by atoms with Gasteiger partial charge in [-0.25, -0.2) is 4.79 Å². The van der Waals surface area contributed by atoms with Crippen LogP contribution < -0.4 is 5.32 Å². The van der Waals surface area contributed by atoms with Gasteiger partial charge in [0.1, 0.15) is 0 Å². The minimum absolute atomic E-state index is 0.0521. The van der Waals surface area contributed by atoms with E-state index < -0.39 is 11.7 Å². The highest BCUT2D eigenvalue weighted by atomic mass is 16.6. The summed E-state index contributed by atoms with van der Waals surface area (Å²) in [5.41, 5.74) is -0.566. The van der Waals surface area contributed by atoms with E-state index in [-0.39, 0.29) is 12.7 Å². The maximum Gasteiger partial charge on any atom is 0.407 e. The van der Waals surface area contributed by atoms with Gasteiger partial charge in [0.15, 0.2) is 0 Å². The van der Waals surface area contributed by atoms with Gasteiger partial charge >= 0.3 is 6.09 Å². The fourth-order valence-corrected chi connectivity index (χ4v) is 0.782. The third-order valence-corrected chi connectivity index (χ3v) is 1.59. The van der Waals surface area contributed by atoms with E-state index in [0.717, 1.165) is 0 Å². The zero-order valence-electron chi connectivity index (χ0n) is 9.87. The molecule has 15 heavy (non-hydrogen) atoms. The number of carbonyl (C=O) groups is 1. The van der Waals surface area contributed by atoms with Crippen molar-refractivity contribution in [2.45, 2.75) is 39.4 Å². The molecule has 2 N–H and O–H groups in total. The van der Waals surface area contributed by atoms with E-state index >= 15 is 0 Å². The molecule has 0 atom stereocenters. The summed E-state index contributed by atoms with van der Waals surface area (Å²) in [4.78, 5) is 11.0. The lowest BCUT2D eigenvalue weighted by Crippen LogP contribution is -2.35. The van der Waals surface area contributed by atoms with E-state index in [1.165, 1.54) is 0 Å². The van der Waals surface area contributed by atoms with Crippen LogP contribution in [0, 0.1) is 0 Å². The molecule has 0 unspecified atom stereocenters. The minimum Gasteiger partial charge on any atom is -0.447 e. The van der Waals surface area contributed by atoms with Gasteiger partial charge in [-0.1, -0.05) is 0 Å². The van der Waals surface area contributed by atoms with Gasteiger partial charge in [-0.05, 0) is 27.7 Å². The number of nitrogens with one attached hydrogen (secondary N) is 1. The molecule has 0 aromatic heterocycles. The van der Waals surface area contributed by atoms with Crippen LogP contribution in [0.2, 0.25) is 0 Å². The molecule has 0 aromatic rings. The molecule has 0 radical (unpaired) electrons. The Kier molecular flexibility index (Phi) is 6.27. The predicted molar refractivity (Wildman–Crippen MR) is 56.7 cm³/mol. The molecular weight excluding hydrogens is 198 g/mol. The Morgan fingerprint density at radius 3 is 2.53 bits per heavy atom. The largest absolute Gasteiger partial charge is 0.447 e. The molecule has 90 valence electrons. The molecule has 0 bridgehead atoms. The molecular formula is C10H21NO4. The summed E-state index contributed by atoms with van der Waals surface area (Å²) < 4.78 is 10.2. The van der Waals surface area contributed by atoms with Crippen LogP contribution in [-0.2, 0) is 9.47 Å². The SMILES string of the molecule is CC(C)OC(=O)NCCOC(C)(C)CO. The van der Waals surface area contributed by atoms with E-state index in [9.17, 15) is 4.79 Å². The van der Waals surface area contributed by atoms with E-state index in [1.807, 2.05) is 0 Å². The number of alkyl carbamates (subject to hydrolysis) is 1. The van der Waals surface area contributed by atoms with Gasteiger partial charge in [-0.3, -0.25) is 0 Å². The van der Waals surface area contributed by atoms with Crippen LogP contribution in [0.1, 0.15) is 27.7 Å². The first-order valence-electron chi connectivity index (χ1n) is 5.06. The second-order valence-electron chi connectivity index (χ2n) is 4.15. The first kappa shape index (κ1) is 14.2. The molecule has 0 fully saturated rings. The molecule has 0 saturated carbocycles. The third kappa shape index (κ3) is 8.20. The Bertz CT molecular complexity index is 192. The number of hydrogen-bond acceptors (Lipinski definition) is 4. The highest BCUT2D eigenvalue weighted by Crippen LogP contribution is 2.05. The van der Waals surface area contributed by atoms with Crippen molar-refractivity contribution in [3.8, 4) is 0 Å². The van der Waals surface area contributed by atoms with Crippen molar-refractivity contribution in [3.05, 3.63) is 0 Å². The number of hydrogen-bond donors (Lipinski definition) is 2. The summed E-state index contributed by atoms with van der Waals surface area (Å²) in [6.45, 7) is 7.79. The lowest BCUT2D eigenvalue weighted by atomic mass is 10.1. The molecule has 0 saturated heterocycles. The quantitative estimate of drug-likeness (QED) is 0.651. The van der Waals surface area contributed by atoms with Gasteiger partial charge in [0.05, 0.1) is 24.9 Å². The average molecular weight is 219 g/mol. The monoisotopic (exact) mass is 219 g/mol. The second-order valence-corrected chi connectivity index (χ2v) is 4.15. The second kappa shape index (κ2) is 6.63. The Hall–Kier alpha value is -0.810. The van der Waals surface area contributed by atoms with Gasteiger partial charge in [0, 0.05) is 6.54 Å². The van der Waals surface area contributed by atoms with Gasteiger partial charge in [-0.15, -0.1) is 0 Å². The van der Waals surface area contributed by atoms with E-state index in [0.29, 0.717) is 13.2 Å². The van der Waals surface area contributed by atoms with Crippen LogP contribution in [-0.4, -0.2) is 42.7 Å². The highest BCUT2D eigenvalue weighted by molar-refractivity contribution is 5.67. The van der Waals surface area contributed by atoms with Crippen LogP contribution in [0.5, 0.6) is 0 Å². The summed E-state index contributed by atoms with van der Waals surface area (Å²) in [6.07, 6.45) is -0.574. The van der Waals surface area contributed by atoms with Crippen molar-refractivity contribution < 1.29 is 19.4 Å². The van der Waals surface area contributed by atoms with Crippen molar-refractivity contribution in [2.24, 2.45) is 0 Å². The Labute approximate surface area is 90.8 Å².